The SMILES string of the molecule is CC(C)COC(=O)c1ccc(Nc2ncnc(Oc3ccccc3)c2N)cc1. The molecule has 0 spiro atoms. The fraction of sp³-hybridized carbons (Fsp3) is 0.190. The predicted molar refractivity (Wildman–Crippen MR) is 108 cm³/mol. The average Bonchev–Trinajstić information content (AvgIpc) is 2.70. The van der Waals surface area contributed by atoms with Crippen LogP contribution in [0.3, 0.4) is 0 Å². The van der Waals surface area contributed by atoms with Gasteiger partial charge in [0.2, 0.25) is 5.88 Å². The number of anilines is 3. The Kier molecular flexibility index (Phi) is 6.06. The van der Waals surface area contributed by atoms with Gasteiger partial charge in [0.05, 0.1) is 12.2 Å². The third kappa shape index (κ3) is 4.97. The number of aromatic nitrogens is 2. The van der Waals surface area contributed by atoms with Gasteiger partial charge in [-0.05, 0) is 42.3 Å². The van der Waals surface area contributed by atoms with Crippen molar-refractivity contribution >= 4 is 23.2 Å². The molecule has 0 radical (unpaired) electrons. The molecule has 0 aliphatic heterocycles. The molecule has 3 aromatic rings. The lowest BCUT2D eigenvalue weighted by Gasteiger charge is -2.12. The number of rotatable bonds is 7. The van der Waals surface area contributed by atoms with Gasteiger partial charge < -0.3 is 20.5 Å². The number of nitrogen functional groups attached to an aromatic ring is 1. The Balaban J connectivity index is 1.70. The van der Waals surface area contributed by atoms with Crippen LogP contribution in [0.2, 0.25) is 0 Å². The van der Waals surface area contributed by atoms with E-state index >= 15 is 0 Å². The van der Waals surface area contributed by atoms with Crippen molar-refractivity contribution in [3.8, 4) is 11.6 Å². The van der Waals surface area contributed by atoms with E-state index in [2.05, 4.69) is 15.3 Å². The van der Waals surface area contributed by atoms with Crippen molar-refractivity contribution in [2.45, 2.75) is 13.8 Å². The lowest BCUT2D eigenvalue weighted by molar-refractivity contribution is 0.0459. The highest BCUT2D eigenvalue weighted by Gasteiger charge is 2.12. The Morgan fingerprint density at radius 2 is 1.79 bits per heavy atom. The Morgan fingerprint density at radius 3 is 2.46 bits per heavy atom. The first kappa shape index (κ1) is 19.2. The molecule has 0 aliphatic rings. The second-order valence-corrected chi connectivity index (χ2v) is 6.55. The van der Waals surface area contributed by atoms with Crippen LogP contribution in [0, 0.1) is 5.92 Å². The normalized spacial score (nSPS) is 10.5. The second-order valence-electron chi connectivity index (χ2n) is 6.55. The minimum absolute atomic E-state index is 0.262. The van der Waals surface area contributed by atoms with Crippen molar-refractivity contribution in [3.63, 3.8) is 0 Å². The highest BCUT2D eigenvalue weighted by molar-refractivity contribution is 5.90. The summed E-state index contributed by atoms with van der Waals surface area (Å²) in [6.07, 6.45) is 1.37. The maximum atomic E-state index is 12.0. The molecule has 0 fully saturated rings. The Hall–Kier alpha value is -3.61. The smallest absolute Gasteiger partial charge is 0.338 e. The molecule has 0 bridgehead atoms. The molecule has 3 N–H and O–H groups in total. The summed E-state index contributed by atoms with van der Waals surface area (Å²) in [4.78, 5) is 20.2. The van der Waals surface area contributed by atoms with Crippen molar-refractivity contribution in [1.29, 1.82) is 0 Å². The molecular formula is C21H22N4O3. The first-order valence-corrected chi connectivity index (χ1v) is 8.90. The largest absolute Gasteiger partial charge is 0.462 e. The number of esters is 1. The van der Waals surface area contributed by atoms with Gasteiger partial charge in [0.15, 0.2) is 5.82 Å². The van der Waals surface area contributed by atoms with Gasteiger partial charge in [0, 0.05) is 5.69 Å². The van der Waals surface area contributed by atoms with Crippen LogP contribution in [0.5, 0.6) is 11.6 Å². The topological polar surface area (TPSA) is 99.4 Å². The van der Waals surface area contributed by atoms with Gasteiger partial charge in [-0.15, -0.1) is 0 Å². The lowest BCUT2D eigenvalue weighted by Crippen LogP contribution is -2.10. The summed E-state index contributed by atoms with van der Waals surface area (Å²) in [5.74, 6) is 1.25. The van der Waals surface area contributed by atoms with E-state index in [1.54, 1.807) is 24.3 Å². The number of para-hydroxylation sites is 1. The molecule has 0 aliphatic carbocycles. The Morgan fingerprint density at radius 1 is 1.07 bits per heavy atom. The zero-order chi connectivity index (χ0) is 19.9. The van der Waals surface area contributed by atoms with Crippen molar-refractivity contribution in [3.05, 3.63) is 66.5 Å². The fourth-order valence-corrected chi connectivity index (χ4v) is 2.31. The van der Waals surface area contributed by atoms with Crippen LogP contribution in [0.25, 0.3) is 0 Å². The standard InChI is InChI=1S/C21H22N4O3/c1-14(2)12-27-21(26)15-8-10-16(11-9-15)25-19-18(22)20(24-13-23-19)28-17-6-4-3-5-7-17/h3-11,13-14H,12,22H2,1-2H3,(H,23,24,25). The van der Waals surface area contributed by atoms with Gasteiger partial charge in [-0.25, -0.2) is 9.78 Å². The number of hydrogen-bond donors (Lipinski definition) is 2. The molecule has 0 amide bonds. The maximum Gasteiger partial charge on any atom is 0.338 e. The van der Waals surface area contributed by atoms with E-state index in [4.69, 9.17) is 15.2 Å². The fourth-order valence-electron chi connectivity index (χ4n) is 2.31. The van der Waals surface area contributed by atoms with E-state index in [0.717, 1.165) is 5.69 Å². The average molecular weight is 378 g/mol. The molecule has 28 heavy (non-hydrogen) atoms. The Bertz CT molecular complexity index is 928. The first-order chi connectivity index (χ1) is 13.5. The lowest BCUT2D eigenvalue weighted by atomic mass is 10.2. The molecule has 2 aromatic carbocycles. The van der Waals surface area contributed by atoms with Gasteiger partial charge >= 0.3 is 5.97 Å². The van der Waals surface area contributed by atoms with E-state index in [-0.39, 0.29) is 23.5 Å². The van der Waals surface area contributed by atoms with E-state index in [9.17, 15) is 4.79 Å². The maximum absolute atomic E-state index is 12.0. The van der Waals surface area contributed by atoms with Crippen molar-refractivity contribution in [1.82, 2.24) is 9.97 Å². The predicted octanol–water partition coefficient (Wildman–Crippen LogP) is 4.41. The highest BCUT2D eigenvalue weighted by atomic mass is 16.5. The van der Waals surface area contributed by atoms with Gasteiger partial charge in [-0.1, -0.05) is 32.0 Å². The number of nitrogens with one attached hydrogen (secondary N) is 1. The number of benzene rings is 2. The zero-order valence-corrected chi connectivity index (χ0v) is 15.8. The van der Waals surface area contributed by atoms with Crippen LogP contribution in [0.4, 0.5) is 17.2 Å². The summed E-state index contributed by atoms with van der Waals surface area (Å²) in [5.41, 5.74) is 7.62. The minimum atomic E-state index is -0.347. The number of ether oxygens (including phenoxy) is 2. The molecule has 0 unspecified atom stereocenters. The molecule has 7 heteroatoms. The summed E-state index contributed by atoms with van der Waals surface area (Å²) in [6, 6.07) is 16.1. The van der Waals surface area contributed by atoms with E-state index in [1.165, 1.54) is 6.33 Å². The summed E-state index contributed by atoms with van der Waals surface area (Å²) in [6.45, 7) is 4.37. The van der Waals surface area contributed by atoms with Crippen molar-refractivity contribution in [2.75, 3.05) is 17.7 Å². The highest BCUT2D eigenvalue weighted by Crippen LogP contribution is 2.30. The van der Waals surface area contributed by atoms with Gasteiger partial charge in [0.25, 0.3) is 0 Å². The van der Waals surface area contributed by atoms with Gasteiger partial charge in [-0.3, -0.25) is 0 Å². The van der Waals surface area contributed by atoms with E-state index < -0.39 is 0 Å². The second kappa shape index (κ2) is 8.85. The number of nitrogens with zero attached hydrogens (tertiary/aromatic N) is 2. The molecule has 0 saturated carbocycles. The monoisotopic (exact) mass is 378 g/mol. The summed E-state index contributed by atoms with van der Waals surface area (Å²) in [5, 5.41) is 3.11. The third-order valence-corrected chi connectivity index (χ3v) is 3.74. The molecule has 1 aromatic heterocycles. The summed E-state index contributed by atoms with van der Waals surface area (Å²) >= 11 is 0. The number of carbonyl (C=O) groups is 1. The molecule has 0 atom stereocenters. The van der Waals surface area contributed by atoms with Gasteiger partial charge in [0.1, 0.15) is 17.8 Å². The molecule has 144 valence electrons. The van der Waals surface area contributed by atoms with Crippen LogP contribution in [0.15, 0.2) is 60.9 Å². The summed E-state index contributed by atoms with van der Waals surface area (Å²) < 4.78 is 10.9. The number of hydrogen-bond acceptors (Lipinski definition) is 7. The Labute approximate surface area is 163 Å². The van der Waals surface area contributed by atoms with Crippen LogP contribution in [0.1, 0.15) is 24.2 Å². The number of carbonyl (C=O) groups excluding carboxylic acids is 1. The zero-order valence-electron chi connectivity index (χ0n) is 15.8. The third-order valence-electron chi connectivity index (χ3n) is 3.74. The molecule has 1 heterocycles. The van der Waals surface area contributed by atoms with Crippen molar-refractivity contribution in [2.24, 2.45) is 5.92 Å². The van der Waals surface area contributed by atoms with Crippen LogP contribution >= 0.6 is 0 Å². The van der Waals surface area contributed by atoms with Crippen LogP contribution in [-0.4, -0.2) is 22.5 Å². The summed E-state index contributed by atoms with van der Waals surface area (Å²) in [7, 11) is 0. The first-order valence-electron chi connectivity index (χ1n) is 8.90. The molecule has 3 rings (SSSR count). The number of nitrogens with two attached hydrogens (primary N) is 1. The molecule has 0 saturated heterocycles. The quantitative estimate of drug-likeness (QED) is 0.588. The minimum Gasteiger partial charge on any atom is -0.462 e. The molecular weight excluding hydrogens is 356 g/mol. The van der Waals surface area contributed by atoms with E-state index in [0.29, 0.717) is 23.7 Å². The van der Waals surface area contributed by atoms with Gasteiger partial charge in [-0.2, -0.15) is 4.98 Å². The van der Waals surface area contributed by atoms with E-state index in [1.807, 2.05) is 44.2 Å². The van der Waals surface area contributed by atoms with Crippen LogP contribution in [-0.2, 0) is 4.74 Å². The molecule has 7 nitrogen and oxygen atoms in total. The van der Waals surface area contributed by atoms with Crippen LogP contribution < -0.4 is 15.8 Å². The van der Waals surface area contributed by atoms with Crippen molar-refractivity contribution < 1.29 is 14.3 Å².